The van der Waals surface area contributed by atoms with E-state index in [1.54, 1.807) is 0 Å². The normalized spacial score (nSPS) is 34.0. The lowest BCUT2D eigenvalue weighted by molar-refractivity contribution is 0.0574. The molecule has 0 radical (unpaired) electrons. The Labute approximate surface area is 131 Å². The highest BCUT2D eigenvalue weighted by Crippen LogP contribution is 2.34. The highest BCUT2D eigenvalue weighted by Gasteiger charge is 2.32. The summed E-state index contributed by atoms with van der Waals surface area (Å²) in [7, 11) is 2.14. The van der Waals surface area contributed by atoms with Gasteiger partial charge in [0, 0.05) is 25.7 Å². The van der Waals surface area contributed by atoms with Crippen LogP contribution in [-0.4, -0.2) is 50.3 Å². The van der Waals surface area contributed by atoms with E-state index in [1.165, 1.54) is 38.6 Å². The van der Waals surface area contributed by atoms with Crippen molar-refractivity contribution in [2.45, 2.75) is 65.0 Å². The van der Waals surface area contributed by atoms with Gasteiger partial charge in [0.25, 0.3) is 0 Å². The van der Waals surface area contributed by atoms with Gasteiger partial charge in [-0.1, -0.05) is 20.8 Å². The molecule has 1 N–H and O–H groups in total. The van der Waals surface area contributed by atoms with Gasteiger partial charge in [0.05, 0.1) is 6.10 Å². The summed E-state index contributed by atoms with van der Waals surface area (Å²) in [5.74, 6) is 2.55. The van der Waals surface area contributed by atoms with Gasteiger partial charge in [-0.2, -0.15) is 0 Å². The first kappa shape index (κ1) is 17.2. The van der Waals surface area contributed by atoms with Gasteiger partial charge in [-0.3, -0.25) is 0 Å². The lowest BCUT2D eigenvalue weighted by Crippen LogP contribution is -2.46. The Bertz CT molecular complexity index is 289. The van der Waals surface area contributed by atoms with Crippen LogP contribution in [0.25, 0.3) is 0 Å². The maximum Gasteiger partial charge on any atom is 0.0702 e. The molecule has 21 heavy (non-hydrogen) atoms. The largest absolute Gasteiger partial charge is 0.377 e. The van der Waals surface area contributed by atoms with E-state index in [-0.39, 0.29) is 0 Å². The number of rotatable bonds is 7. The fraction of sp³-hybridized carbons (Fsp3) is 1.00. The Morgan fingerprint density at radius 2 is 2.00 bits per heavy atom. The summed E-state index contributed by atoms with van der Waals surface area (Å²) in [6, 6.07) is 0.707. The molecule has 3 nitrogen and oxygen atoms in total. The first-order valence-corrected chi connectivity index (χ1v) is 9.15. The van der Waals surface area contributed by atoms with E-state index in [4.69, 9.17) is 4.74 Å². The Balaban J connectivity index is 1.88. The van der Waals surface area contributed by atoms with Gasteiger partial charge in [-0.05, 0) is 63.5 Å². The number of nitrogens with one attached hydrogen (secondary N) is 1. The van der Waals surface area contributed by atoms with Crippen LogP contribution >= 0.6 is 0 Å². The van der Waals surface area contributed by atoms with Gasteiger partial charge in [0.2, 0.25) is 0 Å². The lowest BCUT2D eigenvalue weighted by atomic mass is 9.73. The zero-order valence-electron chi connectivity index (χ0n) is 14.6. The van der Waals surface area contributed by atoms with Gasteiger partial charge >= 0.3 is 0 Å². The van der Waals surface area contributed by atoms with E-state index in [0.717, 1.165) is 37.5 Å². The number of hydrogen-bond acceptors (Lipinski definition) is 3. The summed E-state index contributed by atoms with van der Waals surface area (Å²) in [4.78, 5) is 2.63. The van der Waals surface area contributed by atoms with E-state index >= 15 is 0 Å². The molecule has 4 atom stereocenters. The lowest BCUT2D eigenvalue weighted by Gasteiger charge is -2.40. The van der Waals surface area contributed by atoms with Crippen molar-refractivity contribution < 1.29 is 4.74 Å². The molecule has 2 rings (SSSR count). The summed E-state index contributed by atoms with van der Waals surface area (Å²) >= 11 is 0. The van der Waals surface area contributed by atoms with Gasteiger partial charge in [-0.25, -0.2) is 0 Å². The zero-order chi connectivity index (χ0) is 15.2. The molecule has 1 heterocycles. The van der Waals surface area contributed by atoms with Crippen molar-refractivity contribution >= 4 is 0 Å². The van der Waals surface area contributed by atoms with E-state index < -0.39 is 0 Å². The number of likely N-dealkylation sites (N-methyl/N-ethyl adjacent to an activating group) is 1. The Morgan fingerprint density at radius 1 is 1.19 bits per heavy atom. The minimum Gasteiger partial charge on any atom is -0.377 e. The first-order valence-electron chi connectivity index (χ1n) is 9.15. The Hall–Kier alpha value is -0.120. The monoisotopic (exact) mass is 296 g/mol. The summed E-state index contributed by atoms with van der Waals surface area (Å²) in [5, 5.41) is 3.58. The second-order valence-corrected chi connectivity index (χ2v) is 7.46. The number of ether oxygens (including phenoxy) is 1. The van der Waals surface area contributed by atoms with Crippen LogP contribution in [0, 0.1) is 17.8 Å². The fourth-order valence-corrected chi connectivity index (χ4v) is 4.23. The summed E-state index contributed by atoms with van der Waals surface area (Å²) in [5.41, 5.74) is 0. The smallest absolute Gasteiger partial charge is 0.0702 e. The number of nitrogens with zero attached hydrogens (tertiary/aromatic N) is 1. The van der Waals surface area contributed by atoms with E-state index in [9.17, 15) is 0 Å². The van der Waals surface area contributed by atoms with Crippen molar-refractivity contribution in [1.29, 1.82) is 0 Å². The van der Waals surface area contributed by atoms with Crippen molar-refractivity contribution in [1.82, 2.24) is 10.2 Å². The highest BCUT2D eigenvalue weighted by molar-refractivity contribution is 4.87. The molecule has 124 valence electrons. The molecule has 0 aromatic heterocycles. The maximum absolute atomic E-state index is 5.83. The summed E-state index contributed by atoms with van der Waals surface area (Å²) < 4.78 is 5.83. The number of hydrogen-bond donors (Lipinski definition) is 1. The molecule has 3 heteroatoms. The van der Waals surface area contributed by atoms with Crippen LogP contribution in [0.5, 0.6) is 0 Å². The average Bonchev–Trinajstić information content (AvgIpc) is 2.99. The van der Waals surface area contributed by atoms with Crippen LogP contribution in [0.4, 0.5) is 0 Å². The predicted molar refractivity (Wildman–Crippen MR) is 89.6 cm³/mol. The third kappa shape index (κ3) is 4.94. The molecular weight excluding hydrogens is 260 g/mol. The van der Waals surface area contributed by atoms with Crippen molar-refractivity contribution in [2.75, 3.05) is 33.3 Å². The Morgan fingerprint density at radius 3 is 2.57 bits per heavy atom. The molecule has 0 aromatic rings. The molecular formula is C18H36N2O. The van der Waals surface area contributed by atoms with Gasteiger partial charge < -0.3 is 15.0 Å². The Kier molecular flexibility index (Phi) is 6.97. The standard InChI is InChI=1S/C18H36N2O/c1-5-20(13-17-7-6-10-21-17)12-16-11-15(14(2)3)8-9-18(16)19-4/h14-19H,5-13H2,1-4H3. The average molecular weight is 296 g/mol. The maximum atomic E-state index is 5.83. The summed E-state index contributed by atoms with van der Waals surface area (Å²) in [6.07, 6.45) is 7.14. The quantitative estimate of drug-likeness (QED) is 0.781. The molecule has 0 amide bonds. The molecule has 1 saturated carbocycles. The van der Waals surface area contributed by atoms with Crippen molar-refractivity contribution in [3.05, 3.63) is 0 Å². The first-order chi connectivity index (χ1) is 10.1. The van der Waals surface area contributed by atoms with Crippen molar-refractivity contribution in [3.63, 3.8) is 0 Å². The van der Waals surface area contributed by atoms with Crippen molar-refractivity contribution in [2.24, 2.45) is 17.8 Å². The highest BCUT2D eigenvalue weighted by atomic mass is 16.5. The van der Waals surface area contributed by atoms with Gasteiger partial charge in [-0.15, -0.1) is 0 Å². The van der Waals surface area contributed by atoms with Crippen LogP contribution in [0.2, 0.25) is 0 Å². The molecule has 0 spiro atoms. The minimum absolute atomic E-state index is 0.488. The molecule has 2 aliphatic rings. The third-order valence-electron chi connectivity index (χ3n) is 5.76. The molecule has 1 aliphatic heterocycles. The molecule has 1 aliphatic carbocycles. The fourth-order valence-electron chi connectivity index (χ4n) is 4.23. The van der Waals surface area contributed by atoms with E-state index in [0.29, 0.717) is 12.1 Å². The van der Waals surface area contributed by atoms with Crippen LogP contribution in [0.3, 0.4) is 0 Å². The molecule has 2 fully saturated rings. The van der Waals surface area contributed by atoms with E-state index in [1.807, 2.05) is 0 Å². The molecule has 0 bridgehead atoms. The van der Waals surface area contributed by atoms with Gasteiger partial charge in [0.15, 0.2) is 0 Å². The SMILES string of the molecule is CCN(CC1CCCO1)CC1CC(C(C)C)CCC1NC. The molecule has 4 unspecified atom stereocenters. The second kappa shape index (κ2) is 8.50. The molecule has 1 saturated heterocycles. The van der Waals surface area contributed by atoms with Crippen molar-refractivity contribution in [3.8, 4) is 0 Å². The third-order valence-corrected chi connectivity index (χ3v) is 5.76. The van der Waals surface area contributed by atoms with Crippen LogP contribution in [0.15, 0.2) is 0 Å². The molecule has 0 aromatic carbocycles. The topological polar surface area (TPSA) is 24.5 Å². The predicted octanol–water partition coefficient (Wildman–Crippen LogP) is 3.15. The van der Waals surface area contributed by atoms with Gasteiger partial charge in [0.1, 0.15) is 0 Å². The van der Waals surface area contributed by atoms with Crippen LogP contribution in [0.1, 0.15) is 52.9 Å². The minimum atomic E-state index is 0.488. The van der Waals surface area contributed by atoms with Crippen LogP contribution < -0.4 is 5.32 Å². The summed E-state index contributed by atoms with van der Waals surface area (Å²) in [6.45, 7) is 11.6. The second-order valence-electron chi connectivity index (χ2n) is 7.46. The van der Waals surface area contributed by atoms with E-state index in [2.05, 4.69) is 38.0 Å². The van der Waals surface area contributed by atoms with Crippen LogP contribution in [-0.2, 0) is 4.74 Å². The zero-order valence-corrected chi connectivity index (χ0v) is 14.6.